The molecule has 0 spiro atoms. The summed E-state index contributed by atoms with van der Waals surface area (Å²) in [6.45, 7) is 0. The summed E-state index contributed by atoms with van der Waals surface area (Å²) in [7, 11) is 4.09. The highest BCUT2D eigenvalue weighted by Gasteiger charge is 2.40. The Morgan fingerprint density at radius 1 is 0.875 bits per heavy atom. The Kier molecular flexibility index (Phi) is 4.24. The van der Waals surface area contributed by atoms with Crippen LogP contribution >= 0.6 is 0 Å². The van der Waals surface area contributed by atoms with Gasteiger partial charge in [-0.1, -0.05) is 54.6 Å². The van der Waals surface area contributed by atoms with Crippen molar-refractivity contribution in [3.63, 3.8) is 0 Å². The van der Waals surface area contributed by atoms with Gasteiger partial charge in [-0.25, -0.2) is 4.68 Å². The summed E-state index contributed by atoms with van der Waals surface area (Å²) in [5.74, 6) is 1.59. The molecule has 0 aliphatic carbocycles. The Labute approximate surface area is 186 Å². The lowest BCUT2D eigenvalue weighted by Gasteiger charge is -2.39. The molecule has 3 heterocycles. The molecule has 0 amide bonds. The highest BCUT2D eigenvalue weighted by molar-refractivity contribution is 5.85. The number of ether oxygens (including phenoxy) is 1. The maximum Gasteiger partial charge on any atom is 0.226 e. The van der Waals surface area contributed by atoms with E-state index in [1.165, 1.54) is 0 Å². The van der Waals surface area contributed by atoms with Gasteiger partial charge in [0.2, 0.25) is 5.95 Å². The molecule has 6 rings (SSSR count). The van der Waals surface area contributed by atoms with Gasteiger partial charge >= 0.3 is 0 Å². The molecule has 0 saturated carbocycles. The molecule has 0 saturated heterocycles. The number of rotatable bonds is 3. The SMILES string of the molecule is CN(C)c1ccc([C@@H]2Oc3ccccc3C3=C2[C@H](c2ccccc2)n2ncnc2N3)cc1. The number of anilines is 2. The van der Waals surface area contributed by atoms with Crippen LogP contribution in [0.25, 0.3) is 5.70 Å². The predicted molar refractivity (Wildman–Crippen MR) is 126 cm³/mol. The van der Waals surface area contributed by atoms with Gasteiger partial charge in [-0.3, -0.25) is 0 Å². The summed E-state index contributed by atoms with van der Waals surface area (Å²) in [5, 5.41) is 8.12. The first-order valence-electron chi connectivity index (χ1n) is 10.7. The number of fused-ring (bicyclic) bond motifs is 3. The molecule has 158 valence electrons. The van der Waals surface area contributed by atoms with E-state index in [2.05, 4.69) is 74.9 Å². The van der Waals surface area contributed by atoms with Crippen LogP contribution in [0.5, 0.6) is 5.75 Å². The molecule has 32 heavy (non-hydrogen) atoms. The van der Waals surface area contributed by atoms with Crippen LogP contribution in [0.1, 0.15) is 28.8 Å². The number of para-hydroxylation sites is 1. The van der Waals surface area contributed by atoms with E-state index in [4.69, 9.17) is 4.74 Å². The summed E-state index contributed by atoms with van der Waals surface area (Å²) in [6, 6.07) is 27.0. The summed E-state index contributed by atoms with van der Waals surface area (Å²) in [5.41, 5.74) is 6.61. The lowest BCUT2D eigenvalue weighted by Crippen LogP contribution is -2.32. The highest BCUT2D eigenvalue weighted by Crippen LogP contribution is 2.50. The number of benzene rings is 3. The third kappa shape index (κ3) is 2.87. The van der Waals surface area contributed by atoms with Crippen molar-refractivity contribution in [3.05, 3.63) is 107 Å². The lowest BCUT2D eigenvalue weighted by molar-refractivity contribution is 0.223. The predicted octanol–water partition coefficient (Wildman–Crippen LogP) is 4.90. The Bertz CT molecular complexity index is 1310. The summed E-state index contributed by atoms with van der Waals surface area (Å²) in [4.78, 5) is 6.58. The number of hydrogen-bond donors (Lipinski definition) is 1. The molecule has 0 fully saturated rings. The molecule has 1 N–H and O–H groups in total. The van der Waals surface area contributed by atoms with Crippen LogP contribution in [0.15, 0.2) is 90.8 Å². The average Bonchev–Trinajstić information content (AvgIpc) is 3.31. The van der Waals surface area contributed by atoms with Gasteiger partial charge in [0, 0.05) is 30.9 Å². The first-order valence-corrected chi connectivity index (χ1v) is 10.7. The van der Waals surface area contributed by atoms with Crippen LogP contribution in [-0.2, 0) is 0 Å². The van der Waals surface area contributed by atoms with E-state index in [0.29, 0.717) is 0 Å². The number of nitrogens with zero attached hydrogens (tertiary/aromatic N) is 4. The molecule has 4 aromatic rings. The second-order valence-electron chi connectivity index (χ2n) is 8.28. The molecular formula is C26H23N5O. The van der Waals surface area contributed by atoms with Crippen molar-refractivity contribution in [2.75, 3.05) is 24.3 Å². The molecule has 3 aromatic carbocycles. The van der Waals surface area contributed by atoms with Crippen LogP contribution in [0.2, 0.25) is 0 Å². The number of nitrogens with one attached hydrogen (secondary N) is 1. The minimum Gasteiger partial charge on any atom is -0.480 e. The van der Waals surface area contributed by atoms with Crippen LogP contribution in [0, 0.1) is 0 Å². The Morgan fingerprint density at radius 3 is 2.41 bits per heavy atom. The Balaban J connectivity index is 1.58. The van der Waals surface area contributed by atoms with E-state index in [-0.39, 0.29) is 12.1 Å². The molecule has 2 aliphatic rings. The normalized spacial score (nSPS) is 18.7. The van der Waals surface area contributed by atoms with Gasteiger partial charge < -0.3 is 15.0 Å². The molecule has 2 aliphatic heterocycles. The van der Waals surface area contributed by atoms with Crippen molar-refractivity contribution in [2.24, 2.45) is 0 Å². The highest BCUT2D eigenvalue weighted by atomic mass is 16.5. The minimum atomic E-state index is -0.258. The van der Waals surface area contributed by atoms with E-state index >= 15 is 0 Å². The van der Waals surface area contributed by atoms with Crippen molar-refractivity contribution in [2.45, 2.75) is 12.1 Å². The van der Waals surface area contributed by atoms with E-state index in [1.807, 2.05) is 43.0 Å². The first-order chi connectivity index (χ1) is 15.7. The maximum atomic E-state index is 6.66. The maximum absolute atomic E-state index is 6.66. The summed E-state index contributed by atoms with van der Waals surface area (Å²) < 4.78 is 8.61. The molecule has 0 radical (unpaired) electrons. The van der Waals surface area contributed by atoms with Gasteiger partial charge in [0.1, 0.15) is 24.2 Å². The average molecular weight is 422 g/mol. The largest absolute Gasteiger partial charge is 0.480 e. The van der Waals surface area contributed by atoms with Crippen molar-refractivity contribution in [1.29, 1.82) is 0 Å². The second-order valence-corrected chi connectivity index (χ2v) is 8.28. The zero-order valence-corrected chi connectivity index (χ0v) is 17.9. The van der Waals surface area contributed by atoms with Gasteiger partial charge in [-0.05, 0) is 35.4 Å². The van der Waals surface area contributed by atoms with E-state index in [1.54, 1.807) is 6.33 Å². The Morgan fingerprint density at radius 2 is 1.62 bits per heavy atom. The van der Waals surface area contributed by atoms with Crippen molar-refractivity contribution in [3.8, 4) is 5.75 Å². The molecule has 1 aromatic heterocycles. The van der Waals surface area contributed by atoms with E-state index in [0.717, 1.165) is 45.3 Å². The summed E-state index contributed by atoms with van der Waals surface area (Å²) in [6.07, 6.45) is 1.34. The van der Waals surface area contributed by atoms with Gasteiger partial charge in [0.15, 0.2) is 0 Å². The van der Waals surface area contributed by atoms with Crippen LogP contribution in [-0.4, -0.2) is 28.9 Å². The van der Waals surface area contributed by atoms with Crippen LogP contribution in [0.4, 0.5) is 11.6 Å². The fourth-order valence-corrected chi connectivity index (χ4v) is 4.60. The van der Waals surface area contributed by atoms with Gasteiger partial charge in [-0.15, -0.1) is 0 Å². The molecule has 6 heteroatoms. The van der Waals surface area contributed by atoms with Crippen molar-refractivity contribution in [1.82, 2.24) is 14.8 Å². The lowest BCUT2D eigenvalue weighted by atomic mass is 9.84. The first kappa shape index (κ1) is 18.7. The molecule has 6 nitrogen and oxygen atoms in total. The minimum absolute atomic E-state index is 0.128. The van der Waals surface area contributed by atoms with Crippen molar-refractivity contribution < 1.29 is 4.74 Å². The van der Waals surface area contributed by atoms with E-state index < -0.39 is 0 Å². The third-order valence-electron chi connectivity index (χ3n) is 6.15. The van der Waals surface area contributed by atoms with Crippen LogP contribution in [0.3, 0.4) is 0 Å². The fourth-order valence-electron chi connectivity index (χ4n) is 4.60. The zero-order valence-electron chi connectivity index (χ0n) is 17.9. The monoisotopic (exact) mass is 421 g/mol. The van der Waals surface area contributed by atoms with E-state index in [9.17, 15) is 0 Å². The number of hydrogen-bond acceptors (Lipinski definition) is 5. The molecule has 2 atom stereocenters. The van der Waals surface area contributed by atoms with Gasteiger partial charge in [-0.2, -0.15) is 10.1 Å². The molecular weight excluding hydrogens is 398 g/mol. The van der Waals surface area contributed by atoms with Crippen molar-refractivity contribution >= 4 is 17.3 Å². The fraction of sp³-hybridized carbons (Fsp3) is 0.154. The molecule has 0 bridgehead atoms. The summed E-state index contributed by atoms with van der Waals surface area (Å²) >= 11 is 0. The smallest absolute Gasteiger partial charge is 0.226 e. The van der Waals surface area contributed by atoms with Gasteiger partial charge in [0.25, 0.3) is 0 Å². The number of aromatic nitrogens is 3. The van der Waals surface area contributed by atoms with Gasteiger partial charge in [0.05, 0.1) is 5.70 Å². The van der Waals surface area contributed by atoms with Crippen LogP contribution < -0.4 is 15.0 Å². The standard InChI is InChI=1S/C26H23N5O/c1-30(2)19-14-12-18(13-15-19)25-22-23(20-10-6-7-11-21(20)32-25)29-26-27-16-28-31(26)24(22)17-8-4-3-5-9-17/h3-16,24-25H,1-2H3,(H,27,28,29)/t24-,25-/m0/s1. The third-order valence-corrected chi connectivity index (χ3v) is 6.15. The topological polar surface area (TPSA) is 55.2 Å². The molecule has 0 unspecified atom stereocenters. The second kappa shape index (κ2) is 7.27. The zero-order chi connectivity index (χ0) is 21.7. The quantitative estimate of drug-likeness (QED) is 0.510. The Hall–Kier alpha value is -4.06.